The van der Waals surface area contributed by atoms with E-state index in [0.717, 1.165) is 82.9 Å². The van der Waals surface area contributed by atoms with Crippen LogP contribution in [0.15, 0.2) is 0 Å². The van der Waals surface area contributed by atoms with E-state index in [9.17, 15) is 0 Å². The van der Waals surface area contributed by atoms with Gasteiger partial charge in [-0.15, -0.1) is 0 Å². The first-order chi connectivity index (χ1) is 65.6. The average Bonchev–Trinajstić information content (AvgIpc) is 1.02. The maximum Gasteiger partial charge on any atom is -0.0414 e. The zero-order valence-electron chi connectivity index (χ0n) is 107. The summed E-state index contributed by atoms with van der Waals surface area (Å²) in [6.45, 7) is 96.1. The summed E-state index contributed by atoms with van der Waals surface area (Å²) < 4.78 is 0. The fourth-order valence-electron chi connectivity index (χ4n) is 19.7. The molecule has 0 nitrogen and oxygen atoms in total. The van der Waals surface area contributed by atoms with Crippen LogP contribution in [0.4, 0.5) is 0 Å². The van der Waals surface area contributed by atoms with Gasteiger partial charge in [0.25, 0.3) is 0 Å². The Morgan fingerprint density at radius 3 is 0.390 bits per heavy atom. The van der Waals surface area contributed by atoms with Crippen LogP contribution in [-0.2, 0) is 0 Å². The highest BCUT2D eigenvalue weighted by molar-refractivity contribution is 4.65. The van der Waals surface area contributed by atoms with Crippen molar-refractivity contribution in [1.29, 1.82) is 0 Å². The van der Waals surface area contributed by atoms with Gasteiger partial charge in [0.05, 0.1) is 0 Å². The molecule has 0 fully saturated rings. The van der Waals surface area contributed by atoms with E-state index < -0.39 is 0 Å². The zero-order valence-corrected chi connectivity index (χ0v) is 107. The minimum absolute atomic E-state index is 0.898. The number of unbranched alkanes of at least 4 members (excludes halogenated alkanes) is 14. The van der Waals surface area contributed by atoms with Gasteiger partial charge in [0, 0.05) is 0 Å². The van der Waals surface area contributed by atoms with E-state index in [2.05, 4.69) is 291 Å². The van der Waals surface area contributed by atoms with E-state index in [-0.39, 0.29) is 0 Å². The third-order valence-electron chi connectivity index (χ3n) is 28.9. The van der Waals surface area contributed by atoms with Gasteiger partial charge in [0.15, 0.2) is 0 Å². The Balaban J connectivity index is -0.0000000986. The highest BCUT2D eigenvalue weighted by Gasteiger charge is 2.12. The molecule has 0 aromatic carbocycles. The molecule has 0 aliphatic heterocycles. The van der Waals surface area contributed by atoms with Crippen LogP contribution in [-0.4, -0.2) is 0 Å². The molecular formula is C136H300. The summed E-state index contributed by atoms with van der Waals surface area (Å²) in [6, 6.07) is 0. The fourth-order valence-corrected chi connectivity index (χ4v) is 19.7. The summed E-state index contributed by atoms with van der Waals surface area (Å²) in [7, 11) is 0. The molecule has 0 rings (SSSR count). The smallest absolute Gasteiger partial charge is 0.0414 e. The molecule has 0 radical (unpaired) electrons. The van der Waals surface area contributed by atoms with Crippen LogP contribution in [0, 0.1) is 82.9 Å². The van der Waals surface area contributed by atoms with Gasteiger partial charge in [-0.2, -0.15) is 0 Å². The van der Waals surface area contributed by atoms with Gasteiger partial charge in [-0.3, -0.25) is 0 Å². The summed E-state index contributed by atoms with van der Waals surface area (Å²) in [5, 5.41) is 0. The number of rotatable bonds is 80. The largest absolute Gasteiger partial charge is 0.0654 e. The van der Waals surface area contributed by atoms with Crippen LogP contribution < -0.4 is 0 Å². The molecule has 136 heavy (non-hydrogen) atoms. The molecule has 0 saturated heterocycles. The van der Waals surface area contributed by atoms with Gasteiger partial charge in [0.2, 0.25) is 0 Å². The Morgan fingerprint density at radius 1 is 0.0882 bits per heavy atom. The highest BCUT2D eigenvalue weighted by Crippen LogP contribution is 2.28. The van der Waals surface area contributed by atoms with Crippen molar-refractivity contribution >= 4 is 0 Å². The number of hydrogen-bond donors (Lipinski definition) is 0. The van der Waals surface area contributed by atoms with Crippen LogP contribution in [0.25, 0.3) is 0 Å². The average molecular weight is 1940 g/mol. The first-order valence-corrected chi connectivity index (χ1v) is 65.6. The standard InChI is InChI=1S/C13H28.2C12H26.2C11H24.3C10H22.2C9H20.2C8H18.C7H16.C6H14/c1-4-7-9-12-13(10-6-3)11-8-5-2;1-4-7-8-11-12(9-5-2)10-6-3;1-4-7-10-12(9-6-3)11-8-5-2;1-4-7-8-10-11(6-3)9-5-2;1-4-7-10-11(8-5-2)9-6-3;1-4-6-7-9-10(3)8-5-2;1-4-7-9-10(6-3)8-5-2;1-4-7-10(8-5-2)9-6-3;1-4-6-8-9(3)7-5-2;1-4-7-9(6-3)8-5-2;1-4-6-8(3)7-5-2;1-4-7-8(5-2)6-3;1-4-6-7(3)5-2;1-4-5-6(2)3/h13H,4-12H2,1-3H3;2*12H,4-11H2,1-3H3;2*11H,4-10H2,1-3H3;3*10H,4-9H2,1-3H3;2*9H,4-8H2,1-3H3;2*8H,4-7H2,1-3H3;7H,4-6H2,1-3H3;6H,4-5H2,1-3H3. The Kier molecular flexibility index (Phi) is 199. The van der Waals surface area contributed by atoms with Crippen molar-refractivity contribution in [2.24, 2.45) is 82.9 Å². The van der Waals surface area contributed by atoms with Crippen molar-refractivity contribution in [2.75, 3.05) is 0 Å². The molecule has 0 N–H and O–H groups in total. The van der Waals surface area contributed by atoms with E-state index in [0.29, 0.717) is 0 Å². The van der Waals surface area contributed by atoms with Crippen molar-refractivity contribution in [2.45, 2.75) is 804 Å². The zero-order chi connectivity index (χ0) is 107. The molecule has 0 aromatic rings. The summed E-state index contributed by atoms with van der Waals surface area (Å²) in [4.78, 5) is 0. The second-order valence-corrected chi connectivity index (χ2v) is 44.7. The Morgan fingerprint density at radius 2 is 0.221 bits per heavy atom. The van der Waals surface area contributed by atoms with Crippen LogP contribution >= 0.6 is 0 Å². The third kappa shape index (κ3) is 176. The summed E-state index contributed by atoms with van der Waals surface area (Å²) in [6.07, 6.45) is 113. The summed E-state index contributed by atoms with van der Waals surface area (Å²) >= 11 is 0. The fraction of sp³-hybridized carbons (Fsp3) is 1.00. The van der Waals surface area contributed by atoms with Gasteiger partial charge in [-0.1, -0.05) is 804 Å². The lowest BCUT2D eigenvalue weighted by molar-refractivity contribution is 0.386. The van der Waals surface area contributed by atoms with Crippen LogP contribution in [0.3, 0.4) is 0 Å². The van der Waals surface area contributed by atoms with Crippen LogP contribution in [0.1, 0.15) is 804 Å². The lowest BCUT2D eigenvalue weighted by atomic mass is 9.92. The van der Waals surface area contributed by atoms with Crippen LogP contribution in [0.2, 0.25) is 0 Å². The molecule has 0 aliphatic carbocycles. The molecule has 0 heterocycles. The van der Waals surface area contributed by atoms with Gasteiger partial charge in [0.1, 0.15) is 0 Å². The minimum Gasteiger partial charge on any atom is -0.0654 e. The molecule has 0 aromatic heterocycles. The predicted molar refractivity (Wildman–Crippen MR) is 657 cm³/mol. The van der Waals surface area contributed by atoms with Gasteiger partial charge in [-0.25, -0.2) is 0 Å². The molecule has 0 saturated carbocycles. The Hall–Kier alpha value is 0. The van der Waals surface area contributed by atoms with E-state index in [1.165, 1.54) is 514 Å². The molecule has 844 valence electrons. The maximum absolute atomic E-state index is 2.37. The third-order valence-corrected chi connectivity index (χ3v) is 28.9. The molecule has 6 unspecified atom stereocenters. The summed E-state index contributed by atoms with van der Waals surface area (Å²) in [5.74, 6) is 14.0. The van der Waals surface area contributed by atoms with Crippen molar-refractivity contribution in [3.63, 3.8) is 0 Å². The molecule has 0 spiro atoms. The summed E-state index contributed by atoms with van der Waals surface area (Å²) in [5.41, 5.74) is 0. The van der Waals surface area contributed by atoms with Gasteiger partial charge >= 0.3 is 0 Å². The topological polar surface area (TPSA) is 0 Å². The minimum atomic E-state index is 0.898. The molecular weight excluding hydrogens is 1630 g/mol. The first kappa shape index (κ1) is 167. The van der Waals surface area contributed by atoms with Gasteiger partial charge < -0.3 is 0 Å². The predicted octanol–water partition coefficient (Wildman–Crippen LogP) is 54.5. The Bertz CT molecular complexity index is 1640. The maximum atomic E-state index is 2.37. The monoisotopic (exact) mass is 1930 g/mol. The normalized spacial score (nSPS) is 12.0. The molecule has 0 bridgehead atoms. The van der Waals surface area contributed by atoms with Crippen molar-refractivity contribution in [1.82, 2.24) is 0 Å². The van der Waals surface area contributed by atoms with E-state index in [1.54, 1.807) is 0 Å². The highest BCUT2D eigenvalue weighted by atomic mass is 14.2. The quantitative estimate of drug-likeness (QED) is 0.0533. The number of hydrogen-bond acceptors (Lipinski definition) is 0. The second kappa shape index (κ2) is 163. The van der Waals surface area contributed by atoms with Crippen molar-refractivity contribution < 1.29 is 0 Å². The molecule has 0 amide bonds. The van der Waals surface area contributed by atoms with Crippen molar-refractivity contribution in [3.05, 3.63) is 0 Å². The SMILES string of the molecule is CCCC(C)C.CCCC(C)CC.CCCC(C)CCC.CCCC(CC)CC.CCCC(CC)CCC.CCCC(CCC)CCC.CCCCC(C)CCC.CCCCC(CC)CCC.CCCCC(CCC)CCC.CCCCC(CCC)CCCC.CCCCCC(C)CCC.CCCCCC(CC)CCC.CCCCCC(CCC)CCC.CCCCCC(CCC)CCCC. The van der Waals surface area contributed by atoms with E-state index in [1.807, 2.05) is 0 Å². The second-order valence-electron chi connectivity index (χ2n) is 44.7. The van der Waals surface area contributed by atoms with Gasteiger partial charge in [-0.05, 0) is 82.9 Å². The lowest BCUT2D eigenvalue weighted by Gasteiger charge is -2.15. The molecule has 0 heteroatoms. The van der Waals surface area contributed by atoms with Crippen molar-refractivity contribution in [3.8, 4) is 0 Å². The Labute approximate surface area is 881 Å². The van der Waals surface area contributed by atoms with Crippen LogP contribution in [0.5, 0.6) is 0 Å². The first-order valence-electron chi connectivity index (χ1n) is 65.6. The lowest BCUT2D eigenvalue weighted by Crippen LogP contribution is -2.00. The molecule has 0 aliphatic rings. The van der Waals surface area contributed by atoms with E-state index in [4.69, 9.17) is 0 Å². The molecule has 6 atom stereocenters. The van der Waals surface area contributed by atoms with E-state index >= 15 is 0 Å².